The number of fused-ring (bicyclic) bond motifs is 1. The summed E-state index contributed by atoms with van der Waals surface area (Å²) in [5, 5.41) is 0. The molecule has 114 valence electrons. The van der Waals surface area contributed by atoms with E-state index in [0.29, 0.717) is 5.75 Å². The smallest absolute Gasteiger partial charge is 0.323 e. The highest BCUT2D eigenvalue weighted by Gasteiger charge is 2.35. The second-order valence-corrected chi connectivity index (χ2v) is 7.20. The van der Waals surface area contributed by atoms with Gasteiger partial charge in [-0.25, -0.2) is 0 Å². The molecule has 0 radical (unpaired) electrons. The molecular weight excluding hydrogens is 272 g/mol. The number of rotatable bonds is 1. The molecule has 2 aromatic carbocycles. The Morgan fingerprint density at radius 2 is 1.68 bits per heavy atom. The summed E-state index contributed by atoms with van der Waals surface area (Å²) >= 11 is 0. The minimum absolute atomic E-state index is 0.0500. The lowest BCUT2D eigenvalue weighted by Gasteiger charge is -2.20. The number of ether oxygens (including phenoxy) is 1. The van der Waals surface area contributed by atoms with Crippen LogP contribution in [0.4, 0.5) is 0 Å². The Hall–Kier alpha value is -2.09. The molecule has 0 spiro atoms. The first-order chi connectivity index (χ1) is 10.3. The van der Waals surface area contributed by atoms with Gasteiger partial charge in [0.05, 0.1) is 0 Å². The molecule has 0 N–H and O–H groups in total. The van der Waals surface area contributed by atoms with Gasteiger partial charge in [0.15, 0.2) is 0 Å². The van der Waals surface area contributed by atoms with Crippen LogP contribution in [0.15, 0.2) is 36.4 Å². The summed E-state index contributed by atoms with van der Waals surface area (Å²) in [6.45, 7) is 10.7. The first-order valence-electron chi connectivity index (χ1n) is 7.70. The van der Waals surface area contributed by atoms with E-state index in [0.717, 1.165) is 11.1 Å². The van der Waals surface area contributed by atoms with E-state index in [4.69, 9.17) is 4.74 Å². The Kier molecular flexibility index (Phi) is 3.36. The molecule has 0 bridgehead atoms. The van der Waals surface area contributed by atoms with Crippen LogP contribution in [0.5, 0.6) is 5.75 Å². The van der Waals surface area contributed by atoms with Gasteiger partial charge in [-0.1, -0.05) is 51.1 Å². The van der Waals surface area contributed by atoms with Crippen molar-refractivity contribution in [2.45, 2.75) is 46.0 Å². The predicted molar refractivity (Wildman–Crippen MR) is 88.5 cm³/mol. The second kappa shape index (κ2) is 4.98. The fourth-order valence-corrected chi connectivity index (χ4v) is 2.89. The summed E-state index contributed by atoms with van der Waals surface area (Å²) in [5.74, 6) is 0.210. The molecule has 0 fully saturated rings. The lowest BCUT2D eigenvalue weighted by atomic mass is 9.83. The predicted octanol–water partition coefficient (Wildman–Crippen LogP) is 4.65. The summed E-state index contributed by atoms with van der Waals surface area (Å²) in [5.41, 5.74) is 5.70. The van der Waals surface area contributed by atoms with E-state index in [-0.39, 0.29) is 17.3 Å². The van der Waals surface area contributed by atoms with Crippen molar-refractivity contribution in [1.29, 1.82) is 0 Å². The maximum absolute atomic E-state index is 12.4. The Bertz CT molecular complexity index is 751. The maximum Gasteiger partial charge on any atom is 0.323 e. The molecule has 1 heterocycles. The van der Waals surface area contributed by atoms with Crippen molar-refractivity contribution >= 4 is 5.97 Å². The largest absolute Gasteiger partial charge is 0.425 e. The monoisotopic (exact) mass is 294 g/mol. The number of esters is 1. The van der Waals surface area contributed by atoms with Gasteiger partial charge >= 0.3 is 5.97 Å². The van der Waals surface area contributed by atoms with Crippen LogP contribution in [-0.2, 0) is 10.2 Å². The van der Waals surface area contributed by atoms with Gasteiger partial charge in [-0.15, -0.1) is 0 Å². The first-order valence-corrected chi connectivity index (χ1v) is 7.70. The summed E-state index contributed by atoms with van der Waals surface area (Å²) in [7, 11) is 0. The lowest BCUT2D eigenvalue weighted by molar-refractivity contribution is -0.133. The number of carbonyl (C=O) groups is 1. The fourth-order valence-electron chi connectivity index (χ4n) is 2.89. The van der Waals surface area contributed by atoms with Crippen LogP contribution in [0.25, 0.3) is 0 Å². The Morgan fingerprint density at radius 3 is 2.32 bits per heavy atom. The van der Waals surface area contributed by atoms with Gasteiger partial charge in [0.25, 0.3) is 0 Å². The third-order valence-electron chi connectivity index (χ3n) is 4.50. The normalized spacial score (nSPS) is 17.3. The first kappa shape index (κ1) is 14.8. The molecule has 1 aliphatic heterocycles. The summed E-state index contributed by atoms with van der Waals surface area (Å²) in [6, 6.07) is 12.3. The second-order valence-electron chi connectivity index (χ2n) is 7.20. The molecular formula is C20H22O2. The average molecular weight is 294 g/mol. The SMILES string of the molecule is Cc1ccc(C2C(=O)Oc3ccc(C(C)(C)C)cc32)cc1C. The molecule has 2 aromatic rings. The fraction of sp³-hybridized carbons (Fsp3) is 0.350. The molecule has 3 rings (SSSR count). The van der Waals surface area contributed by atoms with Gasteiger partial charge in [0, 0.05) is 5.56 Å². The summed E-state index contributed by atoms with van der Waals surface area (Å²) in [4.78, 5) is 12.4. The molecule has 0 saturated carbocycles. The van der Waals surface area contributed by atoms with Crippen molar-refractivity contribution in [3.63, 3.8) is 0 Å². The Balaban J connectivity index is 2.12. The van der Waals surface area contributed by atoms with Gasteiger partial charge in [-0.05, 0) is 47.6 Å². The molecule has 0 amide bonds. The van der Waals surface area contributed by atoms with Crippen LogP contribution in [0, 0.1) is 13.8 Å². The molecule has 22 heavy (non-hydrogen) atoms. The zero-order chi connectivity index (χ0) is 16.1. The van der Waals surface area contributed by atoms with E-state index in [1.54, 1.807) is 0 Å². The van der Waals surface area contributed by atoms with Gasteiger partial charge in [0.2, 0.25) is 0 Å². The maximum atomic E-state index is 12.4. The van der Waals surface area contributed by atoms with Gasteiger partial charge < -0.3 is 4.74 Å². The van der Waals surface area contributed by atoms with Crippen molar-refractivity contribution in [3.8, 4) is 5.75 Å². The number of benzene rings is 2. The number of carbonyl (C=O) groups excluding carboxylic acids is 1. The molecule has 0 aliphatic carbocycles. The zero-order valence-electron chi connectivity index (χ0n) is 13.9. The third kappa shape index (κ3) is 2.43. The molecule has 1 unspecified atom stereocenters. The topological polar surface area (TPSA) is 26.3 Å². The van der Waals surface area contributed by atoms with Crippen molar-refractivity contribution in [1.82, 2.24) is 0 Å². The number of aryl methyl sites for hydroxylation is 2. The Morgan fingerprint density at radius 1 is 0.955 bits per heavy atom. The van der Waals surface area contributed by atoms with Crippen LogP contribution >= 0.6 is 0 Å². The summed E-state index contributed by atoms with van der Waals surface area (Å²) in [6.07, 6.45) is 0. The molecule has 1 atom stereocenters. The lowest BCUT2D eigenvalue weighted by Crippen LogP contribution is -2.13. The minimum atomic E-state index is -0.309. The van der Waals surface area contributed by atoms with E-state index in [9.17, 15) is 4.79 Å². The van der Waals surface area contributed by atoms with E-state index in [1.165, 1.54) is 16.7 Å². The highest BCUT2D eigenvalue weighted by Crippen LogP contribution is 2.41. The van der Waals surface area contributed by atoms with Crippen LogP contribution < -0.4 is 4.74 Å². The van der Waals surface area contributed by atoms with E-state index in [2.05, 4.69) is 58.9 Å². The molecule has 1 aliphatic rings. The highest BCUT2D eigenvalue weighted by atomic mass is 16.5. The average Bonchev–Trinajstić information content (AvgIpc) is 2.76. The van der Waals surface area contributed by atoms with E-state index in [1.807, 2.05) is 12.1 Å². The molecule has 0 aromatic heterocycles. The van der Waals surface area contributed by atoms with Crippen molar-refractivity contribution in [2.24, 2.45) is 0 Å². The van der Waals surface area contributed by atoms with Crippen LogP contribution in [-0.4, -0.2) is 5.97 Å². The highest BCUT2D eigenvalue weighted by molar-refractivity contribution is 5.89. The van der Waals surface area contributed by atoms with E-state index >= 15 is 0 Å². The van der Waals surface area contributed by atoms with Crippen LogP contribution in [0.3, 0.4) is 0 Å². The third-order valence-corrected chi connectivity index (χ3v) is 4.50. The van der Waals surface area contributed by atoms with Crippen molar-refractivity contribution < 1.29 is 9.53 Å². The van der Waals surface area contributed by atoms with Crippen molar-refractivity contribution in [2.75, 3.05) is 0 Å². The number of hydrogen-bond acceptors (Lipinski definition) is 2. The molecule has 2 heteroatoms. The van der Waals surface area contributed by atoms with Crippen LogP contribution in [0.1, 0.15) is 54.5 Å². The zero-order valence-corrected chi connectivity index (χ0v) is 13.9. The number of hydrogen-bond donors (Lipinski definition) is 0. The molecule has 0 saturated heterocycles. The van der Waals surface area contributed by atoms with Crippen LogP contribution in [0.2, 0.25) is 0 Å². The quantitative estimate of drug-likeness (QED) is 0.565. The minimum Gasteiger partial charge on any atom is -0.425 e. The van der Waals surface area contributed by atoms with Gasteiger partial charge in [-0.2, -0.15) is 0 Å². The Labute approximate surface area is 132 Å². The molecule has 2 nitrogen and oxygen atoms in total. The summed E-state index contributed by atoms with van der Waals surface area (Å²) < 4.78 is 5.47. The standard InChI is InChI=1S/C20H22O2/c1-12-6-7-14(10-13(12)2)18-16-11-15(20(3,4)5)8-9-17(16)22-19(18)21/h6-11,18H,1-5H3. The van der Waals surface area contributed by atoms with Gasteiger partial charge in [-0.3, -0.25) is 4.79 Å². The van der Waals surface area contributed by atoms with Gasteiger partial charge in [0.1, 0.15) is 11.7 Å². The van der Waals surface area contributed by atoms with Crippen molar-refractivity contribution in [3.05, 3.63) is 64.2 Å². The van der Waals surface area contributed by atoms with E-state index < -0.39 is 0 Å².